The van der Waals surface area contributed by atoms with Gasteiger partial charge in [-0.3, -0.25) is 9.78 Å². The molecule has 1 aliphatic heterocycles. The predicted molar refractivity (Wildman–Crippen MR) is 93.6 cm³/mol. The molecule has 23 heavy (non-hydrogen) atoms. The van der Waals surface area contributed by atoms with Gasteiger partial charge in [0.05, 0.1) is 0 Å². The van der Waals surface area contributed by atoms with E-state index in [0.717, 1.165) is 18.5 Å². The predicted octanol–water partition coefficient (Wildman–Crippen LogP) is 4.48. The molecule has 0 radical (unpaired) electrons. The minimum Gasteiger partial charge on any atom is -0.326 e. The lowest BCUT2D eigenvalue weighted by atomic mass is 9.86. The number of anilines is 1. The van der Waals surface area contributed by atoms with Crippen LogP contribution in [0.1, 0.15) is 55.2 Å². The number of carbonyl (C=O) groups excluding carboxylic acids is 1. The number of hydrogen-bond donors (Lipinski definition) is 1. The van der Waals surface area contributed by atoms with E-state index in [0.29, 0.717) is 12.3 Å². The fourth-order valence-electron chi connectivity index (χ4n) is 3.30. The largest absolute Gasteiger partial charge is 0.326 e. The summed E-state index contributed by atoms with van der Waals surface area (Å²) in [6, 6.07) is 10.7. The Morgan fingerprint density at radius 3 is 2.96 bits per heavy atom. The van der Waals surface area contributed by atoms with Gasteiger partial charge < -0.3 is 5.32 Å². The average molecular weight is 308 g/mol. The normalized spacial score (nSPS) is 14.9. The summed E-state index contributed by atoms with van der Waals surface area (Å²) < 4.78 is 0. The van der Waals surface area contributed by atoms with E-state index in [9.17, 15) is 4.79 Å². The third-order valence-corrected chi connectivity index (χ3v) is 4.61. The van der Waals surface area contributed by atoms with Crippen LogP contribution in [0.3, 0.4) is 0 Å². The van der Waals surface area contributed by atoms with Crippen LogP contribution in [0.25, 0.3) is 0 Å². The molecule has 1 aromatic carbocycles. The van der Waals surface area contributed by atoms with Crippen LogP contribution in [0.4, 0.5) is 5.69 Å². The van der Waals surface area contributed by atoms with Gasteiger partial charge in [0.15, 0.2) is 0 Å². The lowest BCUT2D eigenvalue weighted by molar-refractivity contribution is -0.116. The maximum absolute atomic E-state index is 11.5. The van der Waals surface area contributed by atoms with E-state index in [2.05, 4.69) is 41.5 Å². The standard InChI is InChI=1S/C20H24N2O/c1-2-3-6-16(12-15-5-4-11-21-14-15)17-7-9-19-18(13-17)8-10-20(23)22-19/h4-5,7,9,11,13-14,16H,2-3,6,8,10,12H2,1H3,(H,22,23). The molecular formula is C20H24N2O. The molecule has 1 unspecified atom stereocenters. The maximum Gasteiger partial charge on any atom is 0.224 e. The van der Waals surface area contributed by atoms with Crippen LogP contribution in [0.5, 0.6) is 0 Å². The first kappa shape index (κ1) is 15.7. The molecule has 1 aromatic heterocycles. The number of nitrogens with zero attached hydrogens (tertiary/aromatic N) is 1. The van der Waals surface area contributed by atoms with E-state index in [1.807, 2.05) is 18.5 Å². The van der Waals surface area contributed by atoms with Crippen LogP contribution >= 0.6 is 0 Å². The highest BCUT2D eigenvalue weighted by atomic mass is 16.1. The number of rotatable bonds is 6. The Balaban J connectivity index is 1.83. The molecule has 3 rings (SSSR count). The van der Waals surface area contributed by atoms with Crippen LogP contribution < -0.4 is 5.32 Å². The highest BCUT2D eigenvalue weighted by Crippen LogP contribution is 2.31. The monoisotopic (exact) mass is 308 g/mol. The molecule has 0 fully saturated rings. The SMILES string of the molecule is CCCCC(Cc1cccnc1)c1ccc2c(c1)CCC(=O)N2. The van der Waals surface area contributed by atoms with E-state index in [4.69, 9.17) is 0 Å². The molecule has 2 heterocycles. The summed E-state index contributed by atoms with van der Waals surface area (Å²) in [6.07, 6.45) is 9.91. The van der Waals surface area contributed by atoms with Crippen LogP contribution in [0, 0.1) is 0 Å². The van der Waals surface area contributed by atoms with Crippen molar-refractivity contribution in [2.45, 2.75) is 51.4 Å². The lowest BCUT2D eigenvalue weighted by Gasteiger charge is -2.22. The van der Waals surface area contributed by atoms with Gasteiger partial charge in [-0.15, -0.1) is 0 Å². The Morgan fingerprint density at radius 1 is 1.26 bits per heavy atom. The smallest absolute Gasteiger partial charge is 0.224 e. The molecule has 0 saturated carbocycles. The molecule has 3 heteroatoms. The van der Waals surface area contributed by atoms with Gasteiger partial charge in [-0.2, -0.15) is 0 Å². The van der Waals surface area contributed by atoms with Crippen molar-refractivity contribution >= 4 is 11.6 Å². The van der Waals surface area contributed by atoms with Crippen molar-refractivity contribution in [3.8, 4) is 0 Å². The Kier molecular flexibility index (Phi) is 5.06. The molecule has 0 saturated heterocycles. The fourth-order valence-corrected chi connectivity index (χ4v) is 3.30. The molecular weight excluding hydrogens is 284 g/mol. The summed E-state index contributed by atoms with van der Waals surface area (Å²) in [5.74, 6) is 0.644. The first-order valence-corrected chi connectivity index (χ1v) is 8.58. The Labute approximate surface area is 138 Å². The Morgan fingerprint density at radius 2 is 2.17 bits per heavy atom. The second kappa shape index (κ2) is 7.40. The summed E-state index contributed by atoms with van der Waals surface area (Å²) in [5.41, 5.74) is 4.94. The van der Waals surface area contributed by atoms with Gasteiger partial charge in [0, 0.05) is 24.5 Å². The van der Waals surface area contributed by atoms with Crippen molar-refractivity contribution in [1.82, 2.24) is 4.98 Å². The minimum atomic E-state index is 0.128. The van der Waals surface area contributed by atoms with Gasteiger partial charge in [0.1, 0.15) is 0 Å². The molecule has 0 bridgehead atoms. The van der Waals surface area contributed by atoms with Crippen molar-refractivity contribution in [1.29, 1.82) is 0 Å². The number of amides is 1. The highest BCUT2D eigenvalue weighted by molar-refractivity contribution is 5.93. The Hall–Kier alpha value is -2.16. The van der Waals surface area contributed by atoms with Gasteiger partial charge in [0.25, 0.3) is 0 Å². The quantitative estimate of drug-likeness (QED) is 0.854. The number of benzene rings is 1. The first-order chi connectivity index (χ1) is 11.3. The van der Waals surface area contributed by atoms with Crippen molar-refractivity contribution in [2.75, 3.05) is 5.32 Å². The minimum absolute atomic E-state index is 0.128. The van der Waals surface area contributed by atoms with E-state index in [-0.39, 0.29) is 5.91 Å². The molecule has 3 nitrogen and oxygen atoms in total. The number of unbranched alkanes of at least 4 members (excludes halogenated alkanes) is 1. The molecule has 0 spiro atoms. The number of pyridine rings is 1. The maximum atomic E-state index is 11.5. The van der Waals surface area contributed by atoms with Crippen molar-refractivity contribution < 1.29 is 4.79 Å². The second-order valence-corrected chi connectivity index (χ2v) is 6.37. The number of hydrogen-bond acceptors (Lipinski definition) is 2. The Bertz CT molecular complexity index is 667. The van der Waals surface area contributed by atoms with Crippen LogP contribution in [-0.4, -0.2) is 10.9 Å². The van der Waals surface area contributed by atoms with Crippen LogP contribution in [0.2, 0.25) is 0 Å². The third-order valence-electron chi connectivity index (χ3n) is 4.61. The average Bonchev–Trinajstić information content (AvgIpc) is 2.59. The summed E-state index contributed by atoms with van der Waals surface area (Å²) in [6.45, 7) is 2.24. The number of carbonyl (C=O) groups is 1. The van der Waals surface area contributed by atoms with Gasteiger partial charge >= 0.3 is 0 Å². The van der Waals surface area contributed by atoms with Crippen molar-refractivity contribution in [2.24, 2.45) is 0 Å². The molecule has 1 amide bonds. The van der Waals surface area contributed by atoms with E-state index >= 15 is 0 Å². The lowest BCUT2D eigenvalue weighted by Crippen LogP contribution is -2.19. The summed E-state index contributed by atoms with van der Waals surface area (Å²) in [7, 11) is 0. The zero-order chi connectivity index (χ0) is 16.1. The fraction of sp³-hybridized carbons (Fsp3) is 0.400. The summed E-state index contributed by atoms with van der Waals surface area (Å²) in [4.78, 5) is 15.8. The van der Waals surface area contributed by atoms with E-state index in [1.54, 1.807) is 0 Å². The van der Waals surface area contributed by atoms with E-state index < -0.39 is 0 Å². The van der Waals surface area contributed by atoms with Crippen molar-refractivity contribution in [3.05, 3.63) is 59.4 Å². The van der Waals surface area contributed by atoms with Gasteiger partial charge in [-0.05, 0) is 54.0 Å². The van der Waals surface area contributed by atoms with E-state index in [1.165, 1.54) is 36.0 Å². The molecule has 1 N–H and O–H groups in total. The topological polar surface area (TPSA) is 42.0 Å². The number of nitrogens with one attached hydrogen (secondary N) is 1. The zero-order valence-electron chi connectivity index (χ0n) is 13.7. The van der Waals surface area contributed by atoms with Crippen LogP contribution in [-0.2, 0) is 17.6 Å². The third kappa shape index (κ3) is 3.98. The number of aryl methyl sites for hydroxylation is 1. The second-order valence-electron chi connectivity index (χ2n) is 6.37. The molecule has 1 atom stereocenters. The molecule has 0 aliphatic carbocycles. The number of fused-ring (bicyclic) bond motifs is 1. The molecule has 2 aromatic rings. The highest BCUT2D eigenvalue weighted by Gasteiger charge is 2.18. The summed E-state index contributed by atoms with van der Waals surface area (Å²) in [5, 5.41) is 2.97. The van der Waals surface area contributed by atoms with Gasteiger partial charge in [-0.25, -0.2) is 0 Å². The summed E-state index contributed by atoms with van der Waals surface area (Å²) >= 11 is 0. The van der Waals surface area contributed by atoms with Crippen LogP contribution in [0.15, 0.2) is 42.7 Å². The molecule has 120 valence electrons. The first-order valence-electron chi connectivity index (χ1n) is 8.58. The number of aromatic nitrogens is 1. The van der Waals surface area contributed by atoms with Crippen molar-refractivity contribution in [3.63, 3.8) is 0 Å². The van der Waals surface area contributed by atoms with Gasteiger partial charge in [-0.1, -0.05) is 38.0 Å². The molecule has 1 aliphatic rings. The zero-order valence-corrected chi connectivity index (χ0v) is 13.7. The van der Waals surface area contributed by atoms with Gasteiger partial charge in [0.2, 0.25) is 5.91 Å².